The number of rotatable bonds is 5. The summed E-state index contributed by atoms with van der Waals surface area (Å²) in [6.45, 7) is 3.97. The van der Waals surface area contributed by atoms with Gasteiger partial charge in [0.05, 0.1) is 19.8 Å². The van der Waals surface area contributed by atoms with Crippen molar-refractivity contribution in [1.82, 2.24) is 0 Å². The first kappa shape index (κ1) is 15.9. The zero-order valence-electron chi connectivity index (χ0n) is 13.3. The van der Waals surface area contributed by atoms with Crippen LogP contribution in [0.4, 0.5) is 0 Å². The van der Waals surface area contributed by atoms with Crippen molar-refractivity contribution in [2.45, 2.75) is 20.3 Å². The molecule has 0 fully saturated rings. The maximum atomic E-state index is 12.3. The molecule has 0 aliphatic carbocycles. The molecular formula is C18H20O4. The molecule has 0 bridgehead atoms. The molecule has 0 aliphatic heterocycles. The lowest BCUT2D eigenvalue weighted by atomic mass is 10.1. The van der Waals surface area contributed by atoms with Crippen LogP contribution in [0.5, 0.6) is 17.2 Å². The third kappa shape index (κ3) is 3.39. The molecular weight excluding hydrogens is 280 g/mol. The molecule has 22 heavy (non-hydrogen) atoms. The number of benzene rings is 2. The first-order valence-corrected chi connectivity index (χ1v) is 7.12. The maximum absolute atomic E-state index is 12.3. The Morgan fingerprint density at radius 1 is 0.955 bits per heavy atom. The molecule has 0 aliphatic rings. The lowest BCUT2D eigenvalue weighted by Gasteiger charge is -2.11. The highest BCUT2D eigenvalue weighted by Gasteiger charge is 2.14. The van der Waals surface area contributed by atoms with Gasteiger partial charge in [-0.15, -0.1) is 0 Å². The molecule has 0 amide bonds. The standard InChI is InChI=1S/C18H20O4/c1-5-13-7-6-12(2)16(10-13)22-18(19)14-8-9-15(20-3)17(11-14)21-4/h6-11H,5H2,1-4H3. The molecule has 4 heteroatoms. The summed E-state index contributed by atoms with van der Waals surface area (Å²) >= 11 is 0. The van der Waals surface area contributed by atoms with E-state index in [0.29, 0.717) is 22.8 Å². The van der Waals surface area contributed by atoms with Gasteiger partial charge in [0.1, 0.15) is 5.75 Å². The summed E-state index contributed by atoms with van der Waals surface area (Å²) in [5, 5.41) is 0. The molecule has 2 rings (SSSR count). The van der Waals surface area contributed by atoms with Crippen LogP contribution in [0, 0.1) is 6.92 Å². The summed E-state index contributed by atoms with van der Waals surface area (Å²) in [5.41, 5.74) is 2.46. The van der Waals surface area contributed by atoms with Crippen LogP contribution in [-0.2, 0) is 6.42 Å². The van der Waals surface area contributed by atoms with Gasteiger partial charge >= 0.3 is 5.97 Å². The zero-order valence-corrected chi connectivity index (χ0v) is 13.3. The average molecular weight is 300 g/mol. The van der Waals surface area contributed by atoms with Gasteiger partial charge in [0.15, 0.2) is 11.5 Å². The first-order valence-electron chi connectivity index (χ1n) is 7.12. The zero-order chi connectivity index (χ0) is 16.1. The number of methoxy groups -OCH3 is 2. The van der Waals surface area contributed by atoms with Gasteiger partial charge in [-0.25, -0.2) is 4.79 Å². The molecule has 0 N–H and O–H groups in total. The lowest BCUT2D eigenvalue weighted by molar-refractivity contribution is 0.0733. The molecule has 0 spiro atoms. The van der Waals surface area contributed by atoms with Crippen molar-refractivity contribution in [3.63, 3.8) is 0 Å². The normalized spacial score (nSPS) is 10.2. The second-order valence-electron chi connectivity index (χ2n) is 4.91. The Morgan fingerprint density at radius 2 is 1.68 bits per heavy atom. The second kappa shape index (κ2) is 6.98. The Balaban J connectivity index is 2.26. The SMILES string of the molecule is CCc1ccc(C)c(OC(=O)c2ccc(OC)c(OC)c2)c1. The van der Waals surface area contributed by atoms with E-state index in [4.69, 9.17) is 14.2 Å². The van der Waals surface area contributed by atoms with E-state index in [2.05, 4.69) is 6.92 Å². The highest BCUT2D eigenvalue weighted by atomic mass is 16.5. The largest absolute Gasteiger partial charge is 0.493 e. The van der Waals surface area contributed by atoms with Gasteiger partial charge in [-0.05, 0) is 48.7 Å². The quantitative estimate of drug-likeness (QED) is 0.622. The molecule has 0 aromatic heterocycles. The van der Waals surface area contributed by atoms with Gasteiger partial charge in [0.2, 0.25) is 0 Å². The fourth-order valence-corrected chi connectivity index (χ4v) is 2.10. The van der Waals surface area contributed by atoms with Crippen LogP contribution in [0.15, 0.2) is 36.4 Å². The van der Waals surface area contributed by atoms with Crippen LogP contribution < -0.4 is 14.2 Å². The lowest BCUT2D eigenvalue weighted by Crippen LogP contribution is -2.10. The third-order valence-corrected chi connectivity index (χ3v) is 3.48. The van der Waals surface area contributed by atoms with Gasteiger partial charge in [0.25, 0.3) is 0 Å². The Morgan fingerprint density at radius 3 is 2.32 bits per heavy atom. The average Bonchev–Trinajstić information content (AvgIpc) is 2.56. The molecule has 4 nitrogen and oxygen atoms in total. The minimum absolute atomic E-state index is 0.416. The topological polar surface area (TPSA) is 44.8 Å². The number of hydrogen-bond donors (Lipinski definition) is 0. The van der Waals surface area contributed by atoms with Gasteiger partial charge in [0, 0.05) is 0 Å². The van der Waals surface area contributed by atoms with Gasteiger partial charge in [-0.2, -0.15) is 0 Å². The van der Waals surface area contributed by atoms with Crippen molar-refractivity contribution in [2.75, 3.05) is 14.2 Å². The molecule has 0 heterocycles. The fourth-order valence-electron chi connectivity index (χ4n) is 2.10. The van der Waals surface area contributed by atoms with E-state index in [1.807, 2.05) is 25.1 Å². The van der Waals surface area contributed by atoms with E-state index in [1.54, 1.807) is 25.3 Å². The highest BCUT2D eigenvalue weighted by Crippen LogP contribution is 2.28. The molecule has 0 saturated heterocycles. The number of aryl methyl sites for hydroxylation is 2. The minimum Gasteiger partial charge on any atom is -0.493 e. The van der Waals surface area contributed by atoms with Gasteiger partial charge in [-0.3, -0.25) is 0 Å². The number of hydrogen-bond acceptors (Lipinski definition) is 4. The minimum atomic E-state index is -0.419. The van der Waals surface area contributed by atoms with Crippen LogP contribution >= 0.6 is 0 Å². The molecule has 0 radical (unpaired) electrons. The highest BCUT2D eigenvalue weighted by molar-refractivity contribution is 5.92. The number of esters is 1. The third-order valence-electron chi connectivity index (χ3n) is 3.48. The molecule has 0 saturated carbocycles. The monoisotopic (exact) mass is 300 g/mol. The predicted molar refractivity (Wildman–Crippen MR) is 85.1 cm³/mol. The summed E-state index contributed by atoms with van der Waals surface area (Å²) in [4.78, 5) is 12.3. The number of carbonyl (C=O) groups is 1. The van der Waals surface area contributed by atoms with Crippen molar-refractivity contribution in [2.24, 2.45) is 0 Å². The molecule has 0 atom stereocenters. The van der Waals surface area contributed by atoms with Crippen molar-refractivity contribution < 1.29 is 19.0 Å². The van der Waals surface area contributed by atoms with Crippen molar-refractivity contribution in [3.8, 4) is 17.2 Å². The van der Waals surface area contributed by atoms with E-state index < -0.39 is 5.97 Å². The Labute approximate surface area is 130 Å². The second-order valence-corrected chi connectivity index (χ2v) is 4.91. The Bertz CT molecular complexity index is 677. The molecule has 2 aromatic carbocycles. The Hall–Kier alpha value is -2.49. The van der Waals surface area contributed by atoms with Crippen molar-refractivity contribution in [3.05, 3.63) is 53.1 Å². The number of carbonyl (C=O) groups excluding carboxylic acids is 1. The smallest absolute Gasteiger partial charge is 0.343 e. The van der Waals surface area contributed by atoms with Crippen LogP contribution in [0.1, 0.15) is 28.4 Å². The van der Waals surface area contributed by atoms with E-state index in [9.17, 15) is 4.79 Å². The number of ether oxygens (including phenoxy) is 3. The maximum Gasteiger partial charge on any atom is 0.343 e. The predicted octanol–water partition coefficient (Wildman–Crippen LogP) is 3.79. The van der Waals surface area contributed by atoms with Crippen molar-refractivity contribution in [1.29, 1.82) is 0 Å². The first-order chi connectivity index (χ1) is 10.6. The summed E-state index contributed by atoms with van der Waals surface area (Å²) in [5.74, 6) is 1.23. The molecule has 0 unspecified atom stereocenters. The van der Waals surface area contributed by atoms with Crippen LogP contribution in [0.3, 0.4) is 0 Å². The summed E-state index contributed by atoms with van der Waals surface area (Å²) in [6.07, 6.45) is 0.890. The van der Waals surface area contributed by atoms with Crippen LogP contribution in [0.25, 0.3) is 0 Å². The molecule has 116 valence electrons. The fraction of sp³-hybridized carbons (Fsp3) is 0.278. The Kier molecular flexibility index (Phi) is 5.04. The van der Waals surface area contributed by atoms with Gasteiger partial charge < -0.3 is 14.2 Å². The van der Waals surface area contributed by atoms with E-state index >= 15 is 0 Å². The summed E-state index contributed by atoms with van der Waals surface area (Å²) < 4.78 is 15.9. The van der Waals surface area contributed by atoms with Crippen LogP contribution in [-0.4, -0.2) is 20.2 Å². The summed E-state index contributed by atoms with van der Waals surface area (Å²) in [6, 6.07) is 10.8. The van der Waals surface area contributed by atoms with E-state index in [-0.39, 0.29) is 0 Å². The summed E-state index contributed by atoms with van der Waals surface area (Å²) in [7, 11) is 3.08. The van der Waals surface area contributed by atoms with Crippen molar-refractivity contribution >= 4 is 5.97 Å². The molecule has 2 aromatic rings. The van der Waals surface area contributed by atoms with Crippen LogP contribution in [0.2, 0.25) is 0 Å². The van der Waals surface area contributed by atoms with Gasteiger partial charge in [-0.1, -0.05) is 19.1 Å². The van der Waals surface area contributed by atoms with E-state index in [1.165, 1.54) is 7.11 Å². The van der Waals surface area contributed by atoms with E-state index in [0.717, 1.165) is 17.5 Å².